The largest absolute Gasteiger partial charge is 0.462 e. The Kier molecular flexibility index (Phi) is 44.5. The molecule has 0 heterocycles. The van der Waals surface area contributed by atoms with Crippen LogP contribution in [0.4, 0.5) is 0 Å². The zero-order valence-corrected chi connectivity index (χ0v) is 38.0. The van der Waals surface area contributed by atoms with Crippen molar-refractivity contribution in [3.63, 3.8) is 0 Å². The van der Waals surface area contributed by atoms with E-state index in [1.807, 2.05) is 0 Å². The maximum Gasteiger partial charge on any atom is 0.306 e. The van der Waals surface area contributed by atoms with Crippen LogP contribution in [0, 0.1) is 0 Å². The van der Waals surface area contributed by atoms with E-state index in [9.17, 15) is 14.4 Å². The van der Waals surface area contributed by atoms with E-state index in [0.29, 0.717) is 19.3 Å². The summed E-state index contributed by atoms with van der Waals surface area (Å²) in [7, 11) is 0. The Bertz CT molecular complexity index is 1070. The predicted octanol–water partition coefficient (Wildman–Crippen LogP) is 15.7. The molecular weight excluding hydrogens is 721 g/mol. The fourth-order valence-corrected chi connectivity index (χ4v) is 6.56. The Morgan fingerprint density at radius 3 is 1.12 bits per heavy atom. The average molecular weight is 811 g/mol. The van der Waals surface area contributed by atoms with Gasteiger partial charge in [-0.05, 0) is 103 Å². The summed E-state index contributed by atoms with van der Waals surface area (Å²) in [6.45, 7) is 6.45. The summed E-state index contributed by atoms with van der Waals surface area (Å²) in [5.74, 6) is -0.940. The number of rotatable bonds is 43. The number of hydrogen-bond acceptors (Lipinski definition) is 6. The molecule has 0 spiro atoms. The van der Waals surface area contributed by atoms with Gasteiger partial charge in [-0.2, -0.15) is 0 Å². The van der Waals surface area contributed by atoms with Crippen molar-refractivity contribution in [3.8, 4) is 0 Å². The van der Waals surface area contributed by atoms with Gasteiger partial charge in [0, 0.05) is 19.3 Å². The number of hydrogen-bond donors (Lipinski definition) is 0. The molecule has 0 saturated carbocycles. The summed E-state index contributed by atoms with van der Waals surface area (Å²) >= 11 is 0. The summed E-state index contributed by atoms with van der Waals surface area (Å²) in [6.07, 6.45) is 56.3. The first-order valence-electron chi connectivity index (χ1n) is 24.3. The molecule has 0 bridgehead atoms. The van der Waals surface area contributed by atoms with Gasteiger partial charge in [-0.1, -0.05) is 171 Å². The van der Waals surface area contributed by atoms with Gasteiger partial charge in [-0.25, -0.2) is 0 Å². The van der Waals surface area contributed by atoms with Crippen LogP contribution in [0.3, 0.4) is 0 Å². The molecule has 0 saturated heterocycles. The van der Waals surface area contributed by atoms with E-state index in [-0.39, 0.29) is 31.1 Å². The lowest BCUT2D eigenvalue weighted by molar-refractivity contribution is -0.167. The minimum Gasteiger partial charge on any atom is -0.462 e. The van der Waals surface area contributed by atoms with Crippen molar-refractivity contribution in [2.45, 2.75) is 239 Å². The second-order valence-electron chi connectivity index (χ2n) is 16.0. The maximum atomic E-state index is 12.7. The Hall–Kier alpha value is -2.89. The van der Waals surface area contributed by atoms with Crippen molar-refractivity contribution in [2.24, 2.45) is 0 Å². The number of carbonyl (C=O) groups is 3. The lowest BCUT2D eigenvalue weighted by Crippen LogP contribution is -2.30. The monoisotopic (exact) mass is 811 g/mol. The summed E-state index contributed by atoms with van der Waals surface area (Å²) in [4.78, 5) is 37.8. The highest BCUT2D eigenvalue weighted by Gasteiger charge is 2.19. The highest BCUT2D eigenvalue weighted by Crippen LogP contribution is 2.13. The SMILES string of the molecule is CC/C=C\C/C=C\C/C=C\CCCCCCC(=O)OCC(COC(=O)CCCCCCC/C=C\CCCCC)OC(=O)CCCCC/C=C\CCCCCCCCC. The van der Waals surface area contributed by atoms with Gasteiger partial charge in [0.1, 0.15) is 13.2 Å². The normalized spacial score (nSPS) is 12.5. The van der Waals surface area contributed by atoms with Crippen LogP contribution in [-0.4, -0.2) is 37.2 Å². The van der Waals surface area contributed by atoms with Crippen molar-refractivity contribution in [3.05, 3.63) is 60.8 Å². The molecule has 0 aliphatic carbocycles. The van der Waals surface area contributed by atoms with Crippen LogP contribution in [-0.2, 0) is 28.6 Å². The highest BCUT2D eigenvalue weighted by atomic mass is 16.6. The molecule has 334 valence electrons. The first-order chi connectivity index (χ1) is 28.5. The molecule has 0 aromatic rings. The lowest BCUT2D eigenvalue weighted by Gasteiger charge is -2.18. The summed E-state index contributed by atoms with van der Waals surface area (Å²) < 4.78 is 16.7. The van der Waals surface area contributed by atoms with Gasteiger partial charge in [0.05, 0.1) is 0 Å². The van der Waals surface area contributed by atoms with E-state index in [1.54, 1.807) is 0 Å². The zero-order valence-electron chi connectivity index (χ0n) is 38.0. The number of esters is 3. The first-order valence-corrected chi connectivity index (χ1v) is 24.3. The summed E-state index contributed by atoms with van der Waals surface area (Å²) in [5.41, 5.74) is 0. The Morgan fingerprint density at radius 1 is 0.362 bits per heavy atom. The molecule has 0 aromatic carbocycles. The fourth-order valence-electron chi connectivity index (χ4n) is 6.56. The van der Waals surface area contributed by atoms with E-state index >= 15 is 0 Å². The van der Waals surface area contributed by atoms with Crippen LogP contribution in [0.1, 0.15) is 233 Å². The Balaban J connectivity index is 4.45. The summed E-state index contributed by atoms with van der Waals surface area (Å²) in [5, 5.41) is 0. The van der Waals surface area contributed by atoms with Crippen LogP contribution in [0.25, 0.3) is 0 Å². The van der Waals surface area contributed by atoms with E-state index in [0.717, 1.165) is 109 Å². The number of ether oxygens (including phenoxy) is 3. The second-order valence-corrected chi connectivity index (χ2v) is 16.0. The van der Waals surface area contributed by atoms with Gasteiger partial charge in [-0.3, -0.25) is 14.4 Å². The second kappa shape index (κ2) is 46.8. The molecule has 0 fully saturated rings. The van der Waals surface area contributed by atoms with Crippen LogP contribution < -0.4 is 0 Å². The van der Waals surface area contributed by atoms with Crippen LogP contribution in [0.15, 0.2) is 60.8 Å². The molecular formula is C52H90O6. The third-order valence-electron chi connectivity index (χ3n) is 10.2. The number of allylic oxidation sites excluding steroid dienone is 10. The van der Waals surface area contributed by atoms with Gasteiger partial charge >= 0.3 is 17.9 Å². The van der Waals surface area contributed by atoms with Crippen molar-refractivity contribution in [1.82, 2.24) is 0 Å². The molecule has 6 heteroatoms. The fraction of sp³-hybridized carbons (Fsp3) is 0.750. The van der Waals surface area contributed by atoms with Crippen LogP contribution >= 0.6 is 0 Å². The molecule has 0 radical (unpaired) electrons. The Labute approximate surface area is 358 Å². The van der Waals surface area contributed by atoms with Crippen molar-refractivity contribution in [2.75, 3.05) is 13.2 Å². The molecule has 6 nitrogen and oxygen atoms in total. The predicted molar refractivity (Wildman–Crippen MR) is 247 cm³/mol. The highest BCUT2D eigenvalue weighted by molar-refractivity contribution is 5.71. The van der Waals surface area contributed by atoms with Gasteiger partial charge in [0.15, 0.2) is 6.10 Å². The molecule has 1 atom stereocenters. The van der Waals surface area contributed by atoms with Crippen molar-refractivity contribution >= 4 is 17.9 Å². The zero-order chi connectivity index (χ0) is 42.3. The molecule has 0 rings (SSSR count). The van der Waals surface area contributed by atoms with Crippen molar-refractivity contribution < 1.29 is 28.6 Å². The molecule has 58 heavy (non-hydrogen) atoms. The molecule has 0 aliphatic heterocycles. The minimum absolute atomic E-state index is 0.0921. The molecule has 0 aromatic heterocycles. The van der Waals surface area contributed by atoms with Crippen LogP contribution in [0.2, 0.25) is 0 Å². The van der Waals surface area contributed by atoms with E-state index in [2.05, 4.69) is 81.5 Å². The van der Waals surface area contributed by atoms with Crippen LogP contribution in [0.5, 0.6) is 0 Å². The lowest BCUT2D eigenvalue weighted by atomic mass is 10.1. The molecule has 0 N–H and O–H groups in total. The molecule has 1 unspecified atom stereocenters. The topological polar surface area (TPSA) is 78.9 Å². The van der Waals surface area contributed by atoms with Gasteiger partial charge in [0.2, 0.25) is 0 Å². The Morgan fingerprint density at radius 2 is 0.672 bits per heavy atom. The number of carbonyl (C=O) groups excluding carboxylic acids is 3. The third-order valence-corrected chi connectivity index (χ3v) is 10.2. The number of unbranched alkanes of at least 4 members (excludes halogenated alkanes) is 22. The minimum atomic E-state index is -0.792. The average Bonchev–Trinajstić information content (AvgIpc) is 3.22. The molecule has 0 amide bonds. The van der Waals surface area contributed by atoms with E-state index < -0.39 is 6.10 Å². The molecule has 0 aliphatic rings. The van der Waals surface area contributed by atoms with Crippen molar-refractivity contribution in [1.29, 1.82) is 0 Å². The van der Waals surface area contributed by atoms with Gasteiger partial charge in [0.25, 0.3) is 0 Å². The maximum absolute atomic E-state index is 12.7. The van der Waals surface area contributed by atoms with Gasteiger partial charge < -0.3 is 14.2 Å². The first kappa shape index (κ1) is 55.1. The van der Waals surface area contributed by atoms with Gasteiger partial charge in [-0.15, -0.1) is 0 Å². The quantitative estimate of drug-likeness (QED) is 0.0264. The van der Waals surface area contributed by atoms with E-state index in [1.165, 1.54) is 83.5 Å². The smallest absolute Gasteiger partial charge is 0.306 e. The third kappa shape index (κ3) is 44.2. The van der Waals surface area contributed by atoms with E-state index in [4.69, 9.17) is 14.2 Å². The summed E-state index contributed by atoms with van der Waals surface area (Å²) in [6, 6.07) is 0. The standard InChI is InChI=1S/C52H90O6/c1-4-7-10-13-16-19-22-25-27-30-33-36-39-42-45-51(54)57-48-49(47-56-50(53)44-41-38-35-32-29-24-21-18-15-12-9-6-3)58-52(55)46-43-40-37-34-31-28-26-23-20-17-14-11-8-5-2/h7,10,16,18-19,21,25,27-28,31,49H,4-6,8-9,11-15,17,20,22-24,26,29-30,32-48H2,1-3H3/b10-7-,19-16-,21-18-,27-25-,31-28-.